The fourth-order valence-electron chi connectivity index (χ4n) is 13.9. The second kappa shape index (κ2) is 15.8. The number of hydrazone groups is 1. The summed E-state index contributed by atoms with van der Waals surface area (Å²) in [5.74, 6) is 3.03. The van der Waals surface area contributed by atoms with Gasteiger partial charge in [0.2, 0.25) is 11.4 Å². The molecule has 0 amide bonds. The van der Waals surface area contributed by atoms with Crippen molar-refractivity contribution in [2.45, 2.75) is 103 Å². The third kappa shape index (κ3) is 6.67. The molecule has 0 radical (unpaired) electrons. The maximum absolute atomic E-state index is 13.4. The van der Waals surface area contributed by atoms with Gasteiger partial charge in [-0.15, -0.1) is 0 Å². The summed E-state index contributed by atoms with van der Waals surface area (Å²) in [5.41, 5.74) is 11.2. The minimum atomic E-state index is -0.808. The van der Waals surface area contributed by atoms with E-state index in [2.05, 4.69) is 181 Å². The Hall–Kier alpha value is -5.32. The van der Waals surface area contributed by atoms with Gasteiger partial charge < -0.3 is 5.11 Å². The van der Waals surface area contributed by atoms with Gasteiger partial charge in [-0.2, -0.15) is 9.67 Å². The first kappa shape index (κ1) is 39.5. The molecule has 4 aliphatic carbocycles. The number of pyridine rings is 1. The van der Waals surface area contributed by atoms with E-state index in [1.807, 2.05) is 0 Å². The van der Waals surface area contributed by atoms with E-state index in [0.717, 1.165) is 71.8 Å². The van der Waals surface area contributed by atoms with E-state index in [9.17, 15) is 5.11 Å². The van der Waals surface area contributed by atoms with Gasteiger partial charge in [-0.1, -0.05) is 136 Å². The monoisotopic (exact) mass is 816 g/mol. The number of fused-ring (bicyclic) bond motifs is 5. The molecule has 8 atom stereocenters. The lowest BCUT2D eigenvalue weighted by Gasteiger charge is -2.61. The van der Waals surface area contributed by atoms with E-state index < -0.39 is 5.60 Å². The first-order valence-electron chi connectivity index (χ1n) is 23.8. The molecule has 5 aliphatic rings. The first-order chi connectivity index (χ1) is 30.3. The van der Waals surface area contributed by atoms with Crippen LogP contribution in [0.4, 0.5) is 5.69 Å². The Bertz CT molecular complexity index is 2500. The van der Waals surface area contributed by atoms with Crippen molar-refractivity contribution in [3.8, 4) is 33.6 Å². The molecular formula is C58H62N3O+. The van der Waals surface area contributed by atoms with Crippen molar-refractivity contribution >= 4 is 11.4 Å². The summed E-state index contributed by atoms with van der Waals surface area (Å²) >= 11 is 0. The van der Waals surface area contributed by atoms with Gasteiger partial charge in [0.05, 0.1) is 17.4 Å². The Balaban J connectivity index is 0.974. The van der Waals surface area contributed by atoms with Crippen LogP contribution in [0.2, 0.25) is 0 Å². The molecule has 4 saturated carbocycles. The molecule has 1 N–H and O–H groups in total. The van der Waals surface area contributed by atoms with Crippen LogP contribution in [0.1, 0.15) is 102 Å². The Morgan fingerprint density at radius 1 is 0.581 bits per heavy atom. The van der Waals surface area contributed by atoms with E-state index in [4.69, 9.17) is 5.10 Å². The summed E-state index contributed by atoms with van der Waals surface area (Å²) < 4.78 is 2.50. The summed E-state index contributed by atoms with van der Waals surface area (Å²) in [6.07, 6.45) is 13.7. The van der Waals surface area contributed by atoms with Crippen molar-refractivity contribution in [2.75, 3.05) is 5.01 Å². The molecule has 1 aromatic heterocycles. The van der Waals surface area contributed by atoms with Crippen molar-refractivity contribution < 1.29 is 9.67 Å². The molecule has 1 aliphatic heterocycles. The van der Waals surface area contributed by atoms with Gasteiger partial charge >= 0.3 is 0 Å². The molecular weight excluding hydrogens is 755 g/mol. The van der Waals surface area contributed by atoms with Crippen molar-refractivity contribution in [1.29, 1.82) is 0 Å². The van der Waals surface area contributed by atoms with E-state index in [-0.39, 0.29) is 11.5 Å². The van der Waals surface area contributed by atoms with Crippen LogP contribution in [0.3, 0.4) is 0 Å². The van der Waals surface area contributed by atoms with Crippen LogP contribution in [0.15, 0.2) is 163 Å². The van der Waals surface area contributed by atoms with Gasteiger partial charge in [0, 0.05) is 35.1 Å². The summed E-state index contributed by atoms with van der Waals surface area (Å²) in [6, 6.07) is 57.1. The molecule has 11 rings (SSSR count). The van der Waals surface area contributed by atoms with Crippen LogP contribution in [-0.4, -0.2) is 16.4 Å². The number of aromatic nitrogens is 1. The Labute approximate surface area is 369 Å². The summed E-state index contributed by atoms with van der Waals surface area (Å²) in [7, 11) is 0. The Kier molecular flexibility index (Phi) is 10.1. The molecule has 0 bridgehead atoms. The first-order valence-corrected chi connectivity index (χ1v) is 23.8. The quantitative estimate of drug-likeness (QED) is 0.155. The number of anilines is 1. The lowest BCUT2D eigenvalue weighted by molar-refractivity contribution is -0.692. The van der Waals surface area contributed by atoms with Crippen LogP contribution >= 0.6 is 0 Å². The van der Waals surface area contributed by atoms with Crippen LogP contribution in [-0.2, 0) is 6.54 Å². The van der Waals surface area contributed by atoms with Crippen molar-refractivity contribution in [2.24, 2.45) is 39.6 Å². The van der Waals surface area contributed by atoms with Crippen LogP contribution in [0.5, 0.6) is 0 Å². The number of rotatable bonds is 8. The molecule has 4 heteroatoms. The van der Waals surface area contributed by atoms with Crippen LogP contribution < -0.4 is 9.58 Å². The van der Waals surface area contributed by atoms with Gasteiger partial charge in [0.15, 0.2) is 6.54 Å². The van der Waals surface area contributed by atoms with E-state index >= 15 is 0 Å². The smallest absolute Gasteiger partial charge is 0.213 e. The highest BCUT2D eigenvalue weighted by atomic mass is 16.3. The second-order valence-electron chi connectivity index (χ2n) is 20.2. The fraction of sp³-hybridized carbons (Fsp3) is 0.379. The van der Waals surface area contributed by atoms with Crippen LogP contribution in [0.25, 0.3) is 33.6 Å². The average Bonchev–Trinajstić information content (AvgIpc) is 3.89. The van der Waals surface area contributed by atoms with Crippen molar-refractivity contribution in [3.05, 3.63) is 169 Å². The number of hydrogen-bond acceptors (Lipinski definition) is 3. The largest absolute Gasteiger partial charge is 0.383 e. The van der Waals surface area contributed by atoms with Gasteiger partial charge in [-0.25, -0.2) is 0 Å². The SMILES string of the molecule is C[C@]12CCCC[C@@H]1CC[C@H]1[C@H]2CC[C@]2(C)[C@@H]1CC[C@@]2(O)C[n+]1c(-c2ccccc2)cc(-c2ccc(N3N=C(c4ccccc4)C[C@@H]3c3ccccc3)cc2)cc1-c1ccccc1. The fourth-order valence-corrected chi connectivity index (χ4v) is 13.9. The normalized spacial score (nSPS) is 30.3. The van der Waals surface area contributed by atoms with Crippen LogP contribution in [0, 0.1) is 34.5 Å². The molecule has 2 heterocycles. The van der Waals surface area contributed by atoms with Gasteiger partial charge in [0.25, 0.3) is 0 Å². The van der Waals surface area contributed by atoms with Gasteiger partial charge in [-0.3, -0.25) is 5.01 Å². The molecule has 0 saturated heterocycles. The highest BCUT2D eigenvalue weighted by molar-refractivity contribution is 6.03. The average molecular weight is 817 g/mol. The van der Waals surface area contributed by atoms with Gasteiger partial charge in [-0.05, 0) is 139 Å². The molecule has 0 spiro atoms. The maximum Gasteiger partial charge on any atom is 0.213 e. The summed E-state index contributed by atoms with van der Waals surface area (Å²) in [4.78, 5) is 0. The number of aliphatic hydroxyl groups is 1. The molecule has 6 aromatic rings. The summed E-state index contributed by atoms with van der Waals surface area (Å²) in [6.45, 7) is 5.75. The lowest BCUT2D eigenvalue weighted by Crippen LogP contribution is -2.60. The van der Waals surface area contributed by atoms with E-state index in [1.165, 1.54) is 72.8 Å². The Morgan fingerprint density at radius 3 is 1.82 bits per heavy atom. The van der Waals surface area contributed by atoms with Crippen molar-refractivity contribution in [3.63, 3.8) is 0 Å². The highest BCUT2D eigenvalue weighted by Crippen LogP contribution is 2.68. The maximum atomic E-state index is 13.4. The third-order valence-electron chi connectivity index (χ3n) is 17.3. The lowest BCUT2D eigenvalue weighted by atomic mass is 9.44. The topological polar surface area (TPSA) is 39.7 Å². The minimum absolute atomic E-state index is 0.116. The predicted octanol–water partition coefficient (Wildman–Crippen LogP) is 13.5. The van der Waals surface area contributed by atoms with E-state index in [1.54, 1.807) is 0 Å². The Morgan fingerprint density at radius 2 is 1.18 bits per heavy atom. The third-order valence-corrected chi connectivity index (χ3v) is 17.3. The highest BCUT2D eigenvalue weighted by Gasteiger charge is 2.65. The number of benzene rings is 5. The number of hydrogen-bond donors (Lipinski definition) is 1. The molecule has 4 nitrogen and oxygen atoms in total. The summed E-state index contributed by atoms with van der Waals surface area (Å²) in [5, 5.41) is 20.9. The zero-order valence-corrected chi connectivity index (χ0v) is 36.7. The van der Waals surface area contributed by atoms with E-state index in [0.29, 0.717) is 17.9 Å². The van der Waals surface area contributed by atoms with Gasteiger partial charge in [0.1, 0.15) is 5.60 Å². The second-order valence-corrected chi connectivity index (χ2v) is 20.2. The molecule has 4 fully saturated rings. The standard InChI is InChI=1S/C58H62N3O/c1-56-34-16-15-25-47(56)28-31-49-50(56)32-35-57(2)51(49)33-36-58(57,62)40-60-53(43-19-9-4-10-20-43)37-46(38-54(60)44-21-11-5-12-22-44)41-26-29-48(30-27-41)61-55(45-23-13-6-14-24-45)39-52(59-61)42-17-7-3-8-18-42/h3-14,17-24,26-27,29-30,37-38,47,49-51,55,62H,15-16,25,28,31-36,39-40H2,1-2H3/q+1/t47-,49+,50-,51-,55-,56+,57-,58-/m1/s1. The molecule has 314 valence electrons. The predicted molar refractivity (Wildman–Crippen MR) is 253 cm³/mol. The zero-order valence-electron chi connectivity index (χ0n) is 36.7. The van der Waals surface area contributed by atoms with Crippen molar-refractivity contribution in [1.82, 2.24) is 0 Å². The molecule has 62 heavy (non-hydrogen) atoms. The zero-order chi connectivity index (χ0) is 41.9. The minimum Gasteiger partial charge on any atom is -0.383 e. The number of nitrogens with zero attached hydrogens (tertiary/aromatic N) is 3. The molecule has 0 unspecified atom stereocenters. The molecule has 5 aromatic carbocycles.